The van der Waals surface area contributed by atoms with Gasteiger partial charge in [0.05, 0.1) is 0 Å². The van der Waals surface area contributed by atoms with E-state index >= 15 is 0 Å². The molecule has 0 bridgehead atoms. The first-order valence-corrected chi connectivity index (χ1v) is 3.24. The Morgan fingerprint density at radius 3 is 2.90 bits per heavy atom. The molecule has 0 aliphatic carbocycles. The molecule has 0 amide bonds. The molecule has 0 spiro atoms. The van der Waals surface area contributed by atoms with Gasteiger partial charge in [0.1, 0.15) is 5.82 Å². The maximum Gasteiger partial charge on any atom is 0.123 e. The van der Waals surface area contributed by atoms with Gasteiger partial charge in [-0.05, 0) is 25.1 Å². The van der Waals surface area contributed by atoms with E-state index in [9.17, 15) is 4.39 Å². The minimum absolute atomic E-state index is 0.248. The van der Waals surface area contributed by atoms with Gasteiger partial charge in [0, 0.05) is 18.3 Å². The second kappa shape index (κ2) is 3.20. The van der Waals surface area contributed by atoms with Crippen LogP contribution in [0.1, 0.15) is 6.92 Å². The fourth-order valence-corrected chi connectivity index (χ4v) is 0.706. The van der Waals surface area contributed by atoms with Gasteiger partial charge >= 0.3 is 0 Å². The maximum atomic E-state index is 12.3. The highest BCUT2D eigenvalue weighted by Gasteiger charge is 1.89. The zero-order chi connectivity index (χ0) is 7.40. The molecule has 0 unspecified atom stereocenters. The third-order valence-electron chi connectivity index (χ3n) is 1.14. The molecular formula is C8H9FN. The summed E-state index contributed by atoms with van der Waals surface area (Å²) in [7, 11) is 0. The molecular weight excluding hydrogens is 129 g/mol. The summed E-state index contributed by atoms with van der Waals surface area (Å²) in [5, 5.41) is 3.01. The number of rotatable bonds is 2. The highest BCUT2D eigenvalue weighted by atomic mass is 19.1. The monoisotopic (exact) mass is 138 g/mol. The third-order valence-corrected chi connectivity index (χ3v) is 1.14. The van der Waals surface area contributed by atoms with E-state index in [1.165, 1.54) is 12.1 Å². The molecule has 0 atom stereocenters. The van der Waals surface area contributed by atoms with Crippen LogP contribution in [0, 0.1) is 11.9 Å². The number of hydrogen-bond acceptors (Lipinski definition) is 1. The first-order chi connectivity index (χ1) is 4.83. The SMILES string of the molecule is CCNc1[c]cc(F)cc1. The molecule has 2 heteroatoms. The number of benzene rings is 1. The Hall–Kier alpha value is -1.05. The lowest BCUT2D eigenvalue weighted by Crippen LogP contribution is -1.95. The van der Waals surface area contributed by atoms with Crippen molar-refractivity contribution in [3.8, 4) is 0 Å². The first kappa shape index (κ1) is 7.06. The number of nitrogens with one attached hydrogen (secondary N) is 1. The van der Waals surface area contributed by atoms with Crippen LogP contribution in [0.4, 0.5) is 10.1 Å². The van der Waals surface area contributed by atoms with Gasteiger partial charge in [0.25, 0.3) is 0 Å². The first-order valence-electron chi connectivity index (χ1n) is 3.24. The van der Waals surface area contributed by atoms with E-state index in [0.29, 0.717) is 0 Å². The van der Waals surface area contributed by atoms with Crippen molar-refractivity contribution in [2.24, 2.45) is 0 Å². The fraction of sp³-hybridized carbons (Fsp3) is 0.250. The molecule has 0 heterocycles. The zero-order valence-corrected chi connectivity index (χ0v) is 5.82. The summed E-state index contributed by atoms with van der Waals surface area (Å²) in [6.45, 7) is 2.82. The highest BCUT2D eigenvalue weighted by molar-refractivity contribution is 5.41. The van der Waals surface area contributed by atoms with E-state index in [0.717, 1.165) is 12.2 Å². The summed E-state index contributed by atoms with van der Waals surface area (Å²) in [6, 6.07) is 7.15. The van der Waals surface area contributed by atoms with Gasteiger partial charge in [-0.3, -0.25) is 0 Å². The van der Waals surface area contributed by atoms with Crippen LogP contribution in [0.15, 0.2) is 18.2 Å². The van der Waals surface area contributed by atoms with Crippen molar-refractivity contribution in [1.29, 1.82) is 0 Å². The molecule has 1 nitrogen and oxygen atoms in total. The van der Waals surface area contributed by atoms with Crippen molar-refractivity contribution in [2.45, 2.75) is 6.92 Å². The van der Waals surface area contributed by atoms with Crippen molar-refractivity contribution in [3.63, 3.8) is 0 Å². The van der Waals surface area contributed by atoms with Gasteiger partial charge < -0.3 is 5.32 Å². The summed E-state index contributed by atoms with van der Waals surface area (Å²) in [5.74, 6) is -0.248. The van der Waals surface area contributed by atoms with E-state index < -0.39 is 0 Å². The Kier molecular flexibility index (Phi) is 2.26. The van der Waals surface area contributed by atoms with Gasteiger partial charge in [0.2, 0.25) is 0 Å². The molecule has 0 aliphatic rings. The molecule has 10 heavy (non-hydrogen) atoms. The molecule has 1 radical (unpaired) electrons. The van der Waals surface area contributed by atoms with Crippen LogP contribution in [0.5, 0.6) is 0 Å². The predicted molar refractivity (Wildman–Crippen MR) is 39.4 cm³/mol. The molecule has 0 saturated carbocycles. The highest BCUT2D eigenvalue weighted by Crippen LogP contribution is 2.05. The minimum atomic E-state index is -0.248. The summed E-state index contributed by atoms with van der Waals surface area (Å²) >= 11 is 0. The van der Waals surface area contributed by atoms with E-state index in [2.05, 4.69) is 11.4 Å². The van der Waals surface area contributed by atoms with Crippen molar-refractivity contribution in [3.05, 3.63) is 30.1 Å². The van der Waals surface area contributed by atoms with Crippen LogP contribution in [0.2, 0.25) is 0 Å². The third kappa shape index (κ3) is 1.72. The Labute approximate surface area is 59.9 Å². The van der Waals surface area contributed by atoms with Gasteiger partial charge in [-0.1, -0.05) is 0 Å². The summed E-state index contributed by atoms with van der Waals surface area (Å²) in [6.07, 6.45) is 0. The molecule has 1 aromatic carbocycles. The standard InChI is InChI=1S/C8H9FN/c1-2-10-8-5-3-7(9)4-6-8/h3-5,10H,2H2,1H3. The average Bonchev–Trinajstić information content (AvgIpc) is 1.95. The molecule has 1 N–H and O–H groups in total. The topological polar surface area (TPSA) is 12.0 Å². The van der Waals surface area contributed by atoms with Crippen LogP contribution < -0.4 is 5.32 Å². The van der Waals surface area contributed by atoms with Crippen molar-refractivity contribution >= 4 is 5.69 Å². The quantitative estimate of drug-likeness (QED) is 0.659. The molecule has 0 aliphatic heterocycles. The molecule has 0 fully saturated rings. The Balaban J connectivity index is 2.69. The lowest BCUT2D eigenvalue weighted by molar-refractivity contribution is 0.627. The smallest absolute Gasteiger partial charge is 0.123 e. The maximum absolute atomic E-state index is 12.3. The van der Waals surface area contributed by atoms with E-state index in [4.69, 9.17) is 0 Å². The molecule has 0 saturated heterocycles. The molecule has 1 rings (SSSR count). The number of hydrogen-bond donors (Lipinski definition) is 1. The van der Waals surface area contributed by atoms with Gasteiger partial charge in [0.15, 0.2) is 0 Å². The van der Waals surface area contributed by atoms with Crippen LogP contribution in [-0.4, -0.2) is 6.54 Å². The largest absolute Gasteiger partial charge is 0.385 e. The summed E-state index contributed by atoms with van der Waals surface area (Å²) in [5.41, 5.74) is 0.837. The summed E-state index contributed by atoms with van der Waals surface area (Å²) in [4.78, 5) is 0. The Morgan fingerprint density at radius 2 is 2.40 bits per heavy atom. The van der Waals surface area contributed by atoms with Crippen molar-refractivity contribution in [1.82, 2.24) is 0 Å². The van der Waals surface area contributed by atoms with Crippen molar-refractivity contribution < 1.29 is 4.39 Å². The lowest BCUT2D eigenvalue weighted by Gasteiger charge is -1.99. The number of anilines is 1. The average molecular weight is 138 g/mol. The predicted octanol–water partition coefficient (Wildman–Crippen LogP) is 2.06. The van der Waals surface area contributed by atoms with E-state index in [-0.39, 0.29) is 5.82 Å². The molecule has 53 valence electrons. The fourth-order valence-electron chi connectivity index (χ4n) is 0.706. The van der Waals surface area contributed by atoms with Crippen LogP contribution in [0.25, 0.3) is 0 Å². The zero-order valence-electron chi connectivity index (χ0n) is 5.82. The Morgan fingerprint density at radius 1 is 1.60 bits per heavy atom. The van der Waals surface area contributed by atoms with Crippen molar-refractivity contribution in [2.75, 3.05) is 11.9 Å². The minimum Gasteiger partial charge on any atom is -0.385 e. The van der Waals surface area contributed by atoms with Crippen LogP contribution in [0.3, 0.4) is 0 Å². The lowest BCUT2D eigenvalue weighted by atomic mass is 10.3. The number of halogens is 1. The normalized spacial score (nSPS) is 9.40. The van der Waals surface area contributed by atoms with Crippen LogP contribution in [-0.2, 0) is 0 Å². The van der Waals surface area contributed by atoms with Crippen LogP contribution >= 0.6 is 0 Å². The molecule has 0 aromatic heterocycles. The summed E-state index contributed by atoms with van der Waals surface area (Å²) < 4.78 is 12.3. The second-order valence-electron chi connectivity index (χ2n) is 1.95. The second-order valence-corrected chi connectivity index (χ2v) is 1.95. The van der Waals surface area contributed by atoms with E-state index in [1.54, 1.807) is 6.07 Å². The van der Waals surface area contributed by atoms with Gasteiger partial charge in [-0.15, -0.1) is 0 Å². The molecule has 1 aromatic rings. The van der Waals surface area contributed by atoms with E-state index in [1.807, 2.05) is 6.92 Å². The van der Waals surface area contributed by atoms with Gasteiger partial charge in [-0.2, -0.15) is 0 Å². The van der Waals surface area contributed by atoms with Gasteiger partial charge in [-0.25, -0.2) is 4.39 Å². The Bertz CT molecular complexity index is 193.